The Morgan fingerprint density at radius 2 is 1.65 bits per heavy atom. The molecule has 0 unspecified atom stereocenters. The van der Waals surface area contributed by atoms with Gasteiger partial charge < -0.3 is 0 Å². The zero-order valence-electron chi connectivity index (χ0n) is 10.1. The molecule has 1 aliphatic rings. The molecule has 2 heterocycles. The fourth-order valence-corrected chi connectivity index (χ4v) is 5.64. The van der Waals surface area contributed by atoms with Gasteiger partial charge >= 0.3 is 0 Å². The van der Waals surface area contributed by atoms with Gasteiger partial charge in [0, 0.05) is 0 Å². The largest absolute Gasteiger partial charge is 0.277 e. The predicted molar refractivity (Wildman–Crippen MR) is 76.3 cm³/mol. The maximum Gasteiger partial charge on any atom is 0.235 e. The first kappa shape index (κ1) is 15.7. The Kier molecular flexibility index (Phi) is 4.43. The van der Waals surface area contributed by atoms with Gasteiger partial charge in [-0.15, -0.1) is 0 Å². The van der Waals surface area contributed by atoms with Crippen LogP contribution < -0.4 is 4.72 Å². The van der Waals surface area contributed by atoms with E-state index >= 15 is 0 Å². The molecule has 1 saturated heterocycles. The summed E-state index contributed by atoms with van der Waals surface area (Å²) in [5.41, 5.74) is -0.0933. The molecule has 0 amide bonds. The molecule has 20 heavy (non-hydrogen) atoms. The average Bonchev–Trinajstić information content (AvgIpc) is 2.33. The zero-order valence-corrected chi connectivity index (χ0v) is 13.2. The number of sulfone groups is 1. The summed E-state index contributed by atoms with van der Waals surface area (Å²) in [6.07, 6.45) is 1.19. The molecule has 0 radical (unpaired) electrons. The molecule has 1 aromatic heterocycles. The molecule has 0 saturated carbocycles. The lowest BCUT2D eigenvalue weighted by Gasteiger charge is -2.22. The number of rotatable bonds is 3. The third-order valence-corrected chi connectivity index (χ3v) is 7.07. The normalized spacial score (nSPS) is 19.7. The summed E-state index contributed by atoms with van der Waals surface area (Å²) < 4.78 is 49.2. The van der Waals surface area contributed by atoms with Crippen molar-refractivity contribution in [2.45, 2.75) is 18.1 Å². The monoisotopic (exact) mass is 359 g/mol. The third-order valence-electron chi connectivity index (χ3n) is 2.94. The number of nitrogens with one attached hydrogen (secondary N) is 1. The topological polar surface area (TPSA) is 106 Å². The Balaban J connectivity index is 2.20. The van der Waals surface area contributed by atoms with E-state index in [1.54, 1.807) is 0 Å². The number of hydrogen-bond acceptors (Lipinski definition) is 6. The van der Waals surface area contributed by atoms with Gasteiger partial charge in [-0.1, -0.05) is 23.2 Å². The molecule has 1 N–H and O–H groups in total. The number of halogens is 2. The van der Waals surface area contributed by atoms with Gasteiger partial charge in [0.2, 0.25) is 10.0 Å². The van der Waals surface area contributed by atoms with Crippen LogP contribution in [-0.2, 0) is 19.9 Å². The Hall–Kier alpha value is -0.640. The average molecular weight is 360 g/mol. The molecule has 2 rings (SSSR count). The summed E-state index contributed by atoms with van der Waals surface area (Å²) in [4.78, 5) is 7.28. The highest BCUT2D eigenvalue weighted by Crippen LogP contribution is 2.29. The van der Waals surface area contributed by atoms with Crippen LogP contribution in [-0.4, -0.2) is 43.6 Å². The number of hydrogen-bond donors (Lipinski definition) is 1. The molecule has 1 fully saturated rings. The maximum absolute atomic E-state index is 12.2. The van der Waals surface area contributed by atoms with Crippen LogP contribution >= 0.6 is 23.2 Å². The second kappa shape index (κ2) is 5.63. The first-order chi connectivity index (χ1) is 9.21. The van der Waals surface area contributed by atoms with Crippen LogP contribution in [0.25, 0.3) is 0 Å². The highest BCUT2D eigenvalue weighted by atomic mass is 35.5. The quantitative estimate of drug-likeness (QED) is 0.809. The Bertz CT molecular complexity index is 686. The molecule has 0 aliphatic carbocycles. The highest BCUT2D eigenvalue weighted by molar-refractivity contribution is 7.94. The summed E-state index contributed by atoms with van der Waals surface area (Å²) in [6, 6.07) is 0. The van der Waals surface area contributed by atoms with Crippen LogP contribution in [0.1, 0.15) is 12.8 Å². The Labute approximate surface area is 126 Å². The minimum Gasteiger partial charge on any atom is -0.277 e. The van der Waals surface area contributed by atoms with Crippen LogP contribution in [0.15, 0.2) is 6.33 Å². The van der Waals surface area contributed by atoms with E-state index in [0.29, 0.717) is 0 Å². The van der Waals surface area contributed by atoms with Crippen LogP contribution in [0, 0.1) is 0 Å². The van der Waals surface area contributed by atoms with E-state index in [0.717, 1.165) is 6.33 Å². The molecule has 1 aliphatic heterocycles. The van der Waals surface area contributed by atoms with E-state index in [2.05, 4.69) is 14.7 Å². The van der Waals surface area contributed by atoms with Crippen molar-refractivity contribution in [3.63, 3.8) is 0 Å². The van der Waals surface area contributed by atoms with Crippen LogP contribution in [0.4, 0.5) is 5.69 Å². The van der Waals surface area contributed by atoms with Crippen molar-refractivity contribution >= 4 is 48.7 Å². The predicted octanol–water partition coefficient (Wildman–Crippen LogP) is 1.10. The summed E-state index contributed by atoms with van der Waals surface area (Å²) in [5.74, 6) is -0.295. The molecule has 0 aromatic carbocycles. The number of sulfonamides is 1. The van der Waals surface area contributed by atoms with E-state index in [-0.39, 0.29) is 40.3 Å². The van der Waals surface area contributed by atoms with Crippen molar-refractivity contribution in [2.75, 3.05) is 16.2 Å². The second-order valence-electron chi connectivity index (χ2n) is 4.33. The molecular formula is C9H11Cl2N3O4S2. The van der Waals surface area contributed by atoms with Gasteiger partial charge in [-0.2, -0.15) is 0 Å². The maximum atomic E-state index is 12.2. The molecule has 7 nitrogen and oxygen atoms in total. The van der Waals surface area contributed by atoms with Gasteiger partial charge in [0.25, 0.3) is 0 Å². The fourth-order valence-electron chi connectivity index (χ4n) is 1.83. The van der Waals surface area contributed by atoms with Crippen molar-refractivity contribution in [2.24, 2.45) is 0 Å². The summed E-state index contributed by atoms with van der Waals surface area (Å²) in [6.45, 7) is 0. The first-order valence-electron chi connectivity index (χ1n) is 5.59. The van der Waals surface area contributed by atoms with E-state index in [9.17, 15) is 16.8 Å². The third kappa shape index (κ3) is 3.51. The minimum absolute atomic E-state index is 0.0423. The lowest BCUT2D eigenvalue weighted by atomic mass is 10.2. The van der Waals surface area contributed by atoms with Crippen molar-refractivity contribution in [3.8, 4) is 0 Å². The highest BCUT2D eigenvalue weighted by Gasteiger charge is 2.33. The van der Waals surface area contributed by atoms with Gasteiger partial charge in [0.1, 0.15) is 21.9 Å². The molecule has 0 bridgehead atoms. The smallest absolute Gasteiger partial charge is 0.235 e. The van der Waals surface area contributed by atoms with Crippen molar-refractivity contribution in [3.05, 3.63) is 16.6 Å². The summed E-state index contributed by atoms with van der Waals surface area (Å²) in [7, 11) is -6.93. The van der Waals surface area contributed by atoms with Gasteiger partial charge in [0.15, 0.2) is 10.3 Å². The SMILES string of the molecule is O=S1(=O)CCC(S(=O)(=O)Nc2c(Cl)ncnc2Cl)CC1. The van der Waals surface area contributed by atoms with Gasteiger partial charge in [-0.25, -0.2) is 26.8 Å². The van der Waals surface area contributed by atoms with Crippen LogP contribution in [0.5, 0.6) is 0 Å². The number of aromatic nitrogens is 2. The lowest BCUT2D eigenvalue weighted by molar-refractivity contribution is 0.555. The standard InChI is InChI=1S/C9H11Cl2N3O4S2/c10-8-7(9(11)13-5-12-8)14-20(17,18)6-1-3-19(15,16)4-2-6/h5-6,14H,1-4H2. The van der Waals surface area contributed by atoms with Gasteiger partial charge in [-0.05, 0) is 12.8 Å². The van der Waals surface area contributed by atoms with Gasteiger partial charge in [-0.3, -0.25) is 4.72 Å². The number of nitrogens with zero attached hydrogens (tertiary/aromatic N) is 2. The zero-order chi connectivity index (χ0) is 15.0. The molecular weight excluding hydrogens is 349 g/mol. The lowest BCUT2D eigenvalue weighted by Crippen LogP contribution is -2.36. The van der Waals surface area contributed by atoms with Gasteiger partial charge in [0.05, 0.1) is 16.8 Å². The Morgan fingerprint density at radius 1 is 1.15 bits per heavy atom. The van der Waals surface area contributed by atoms with Crippen molar-refractivity contribution < 1.29 is 16.8 Å². The van der Waals surface area contributed by atoms with E-state index in [4.69, 9.17) is 23.2 Å². The van der Waals surface area contributed by atoms with E-state index < -0.39 is 25.1 Å². The van der Waals surface area contributed by atoms with E-state index in [1.165, 1.54) is 0 Å². The second-order valence-corrected chi connectivity index (χ2v) is 9.31. The molecule has 11 heteroatoms. The summed E-state index contributed by atoms with van der Waals surface area (Å²) in [5, 5.41) is -1.03. The number of anilines is 1. The molecule has 112 valence electrons. The fraction of sp³-hybridized carbons (Fsp3) is 0.556. The molecule has 0 atom stereocenters. The Morgan fingerprint density at radius 3 is 2.15 bits per heavy atom. The summed E-state index contributed by atoms with van der Waals surface area (Å²) >= 11 is 11.5. The first-order valence-corrected chi connectivity index (χ1v) is 9.72. The minimum atomic E-state index is -3.79. The molecule has 1 aromatic rings. The van der Waals surface area contributed by atoms with Crippen molar-refractivity contribution in [1.29, 1.82) is 0 Å². The van der Waals surface area contributed by atoms with Crippen LogP contribution in [0.2, 0.25) is 10.3 Å². The van der Waals surface area contributed by atoms with Crippen LogP contribution in [0.3, 0.4) is 0 Å². The van der Waals surface area contributed by atoms with E-state index in [1.807, 2.05) is 0 Å². The van der Waals surface area contributed by atoms with Crippen molar-refractivity contribution in [1.82, 2.24) is 9.97 Å². The molecule has 0 spiro atoms.